The number of fused-ring (bicyclic) bond motifs is 3. The van der Waals surface area contributed by atoms with Crippen molar-refractivity contribution in [1.82, 2.24) is 4.57 Å². The van der Waals surface area contributed by atoms with Gasteiger partial charge in [0.1, 0.15) is 0 Å². The summed E-state index contributed by atoms with van der Waals surface area (Å²) in [5.41, 5.74) is 5.32. The maximum atomic E-state index is 4.86. The predicted molar refractivity (Wildman–Crippen MR) is 94.8 cm³/mol. The van der Waals surface area contributed by atoms with Gasteiger partial charge in [-0.05, 0) is 36.6 Å². The highest BCUT2D eigenvalue weighted by Gasteiger charge is 2.28. The molecule has 0 radical (unpaired) electrons. The van der Waals surface area contributed by atoms with Gasteiger partial charge in [-0.3, -0.25) is 4.99 Å². The maximum absolute atomic E-state index is 4.86. The first-order chi connectivity index (χ1) is 10.6. The summed E-state index contributed by atoms with van der Waals surface area (Å²) < 4.78 is 2.28. The van der Waals surface area contributed by atoms with E-state index in [0.717, 1.165) is 6.54 Å². The number of aromatic nitrogens is 1. The molecule has 2 nitrogen and oxygen atoms in total. The van der Waals surface area contributed by atoms with E-state index in [1.54, 1.807) is 0 Å². The molecule has 0 spiro atoms. The van der Waals surface area contributed by atoms with E-state index in [0.29, 0.717) is 0 Å². The van der Waals surface area contributed by atoms with Crippen LogP contribution in [-0.4, -0.2) is 16.8 Å². The average molecular weight is 290 g/mol. The molecule has 2 heterocycles. The van der Waals surface area contributed by atoms with E-state index in [-0.39, 0.29) is 5.41 Å². The van der Waals surface area contributed by atoms with Gasteiger partial charge in [0.2, 0.25) is 0 Å². The summed E-state index contributed by atoms with van der Waals surface area (Å²) in [4.78, 5) is 4.86. The third-order valence-corrected chi connectivity index (χ3v) is 5.06. The fourth-order valence-corrected chi connectivity index (χ4v) is 3.84. The molecule has 2 heteroatoms. The van der Waals surface area contributed by atoms with E-state index in [4.69, 9.17) is 4.99 Å². The second-order valence-corrected chi connectivity index (χ2v) is 7.03. The van der Waals surface area contributed by atoms with E-state index in [1.165, 1.54) is 45.9 Å². The van der Waals surface area contributed by atoms with Crippen LogP contribution in [0.15, 0.2) is 47.5 Å². The van der Waals surface area contributed by atoms with Crippen LogP contribution in [0.4, 0.5) is 0 Å². The third-order valence-electron chi connectivity index (χ3n) is 5.06. The predicted octanol–water partition coefficient (Wildman–Crippen LogP) is 4.94. The highest BCUT2D eigenvalue weighted by molar-refractivity contribution is 6.12. The third kappa shape index (κ3) is 1.90. The number of rotatable bonds is 1. The topological polar surface area (TPSA) is 17.3 Å². The Morgan fingerprint density at radius 3 is 2.59 bits per heavy atom. The Morgan fingerprint density at radius 1 is 1.00 bits per heavy atom. The first kappa shape index (κ1) is 13.6. The smallest absolute Gasteiger partial charge is 0.0489 e. The monoisotopic (exact) mass is 290 g/mol. The molecule has 22 heavy (non-hydrogen) atoms. The Hall–Kier alpha value is -2.09. The number of hydrogen-bond donors (Lipinski definition) is 0. The van der Waals surface area contributed by atoms with Crippen LogP contribution in [0.2, 0.25) is 0 Å². The fourth-order valence-electron chi connectivity index (χ4n) is 3.84. The molecule has 0 bridgehead atoms. The molecule has 0 amide bonds. The van der Waals surface area contributed by atoms with Gasteiger partial charge >= 0.3 is 0 Å². The lowest BCUT2D eigenvalue weighted by Gasteiger charge is -2.30. The Kier molecular flexibility index (Phi) is 2.90. The van der Waals surface area contributed by atoms with Crippen LogP contribution in [0.5, 0.6) is 0 Å². The highest BCUT2D eigenvalue weighted by atomic mass is 14.9. The van der Waals surface area contributed by atoms with Crippen LogP contribution in [0.25, 0.3) is 21.8 Å². The zero-order valence-electron chi connectivity index (χ0n) is 13.6. The van der Waals surface area contributed by atoms with Crippen molar-refractivity contribution in [2.45, 2.75) is 26.7 Å². The van der Waals surface area contributed by atoms with Crippen molar-refractivity contribution >= 4 is 27.5 Å². The number of hydrogen-bond acceptors (Lipinski definition) is 1. The van der Waals surface area contributed by atoms with Crippen LogP contribution in [0, 0.1) is 5.41 Å². The number of aliphatic imine (C=N–C) groups is 1. The standard InChI is InChI=1S/C20H22N2/c1-20(2)11-6-12-21-19(20)14-9-10-18-16(13-14)15-7-4-5-8-17(15)22(18)3/h4-5,7-10,13H,6,11-12H2,1-3H3. The van der Waals surface area contributed by atoms with Crippen LogP contribution in [0.3, 0.4) is 0 Å². The van der Waals surface area contributed by atoms with Crippen LogP contribution < -0.4 is 0 Å². The molecule has 4 rings (SSSR count). The lowest BCUT2D eigenvalue weighted by atomic mass is 9.77. The van der Waals surface area contributed by atoms with Gasteiger partial charge in [-0.1, -0.05) is 38.1 Å². The first-order valence-electron chi connectivity index (χ1n) is 8.10. The molecule has 0 saturated carbocycles. The summed E-state index contributed by atoms with van der Waals surface area (Å²) in [6.45, 7) is 5.60. The lowest BCUT2D eigenvalue weighted by Crippen LogP contribution is -2.29. The van der Waals surface area contributed by atoms with Crippen LogP contribution in [-0.2, 0) is 7.05 Å². The van der Waals surface area contributed by atoms with Crippen molar-refractivity contribution < 1.29 is 0 Å². The zero-order valence-corrected chi connectivity index (χ0v) is 13.6. The summed E-state index contributed by atoms with van der Waals surface area (Å²) >= 11 is 0. The summed E-state index contributed by atoms with van der Waals surface area (Å²) in [5, 5.41) is 2.66. The van der Waals surface area contributed by atoms with Gasteiger partial charge in [0.05, 0.1) is 0 Å². The van der Waals surface area contributed by atoms with E-state index < -0.39 is 0 Å². The summed E-state index contributed by atoms with van der Waals surface area (Å²) in [6, 6.07) is 15.5. The molecular formula is C20H22N2. The summed E-state index contributed by atoms with van der Waals surface area (Å²) in [7, 11) is 2.15. The highest BCUT2D eigenvalue weighted by Crippen LogP contribution is 2.34. The molecule has 1 aromatic heterocycles. The van der Waals surface area contributed by atoms with Gasteiger partial charge in [0.15, 0.2) is 0 Å². The van der Waals surface area contributed by atoms with Gasteiger partial charge in [0.25, 0.3) is 0 Å². The van der Waals surface area contributed by atoms with E-state index >= 15 is 0 Å². The van der Waals surface area contributed by atoms with Gasteiger partial charge in [-0.2, -0.15) is 0 Å². The van der Waals surface area contributed by atoms with Crippen LogP contribution in [0.1, 0.15) is 32.3 Å². The first-order valence-corrected chi connectivity index (χ1v) is 8.10. The minimum absolute atomic E-state index is 0.177. The molecule has 0 unspecified atom stereocenters. The second kappa shape index (κ2) is 4.70. The van der Waals surface area contributed by atoms with E-state index in [2.05, 4.69) is 67.9 Å². The molecule has 3 aromatic rings. The normalized spacial score (nSPS) is 17.9. The molecule has 0 fully saturated rings. The number of benzene rings is 2. The molecule has 0 aliphatic carbocycles. The van der Waals surface area contributed by atoms with E-state index in [1.807, 2.05) is 0 Å². The number of para-hydroxylation sites is 1. The van der Waals surface area contributed by atoms with Gasteiger partial charge in [-0.25, -0.2) is 0 Å². The Labute approximate surface area is 131 Å². The lowest BCUT2D eigenvalue weighted by molar-refractivity contribution is 0.440. The number of aryl methyl sites for hydroxylation is 1. The van der Waals surface area contributed by atoms with E-state index in [9.17, 15) is 0 Å². The molecule has 2 aromatic carbocycles. The quantitative estimate of drug-likeness (QED) is 0.604. The van der Waals surface area contributed by atoms with Crippen molar-refractivity contribution in [3.05, 3.63) is 48.0 Å². The Bertz CT molecular complexity index is 897. The minimum Gasteiger partial charge on any atom is -0.344 e. The molecule has 0 atom stereocenters. The summed E-state index contributed by atoms with van der Waals surface area (Å²) in [5.74, 6) is 0. The van der Waals surface area contributed by atoms with Crippen molar-refractivity contribution in [2.24, 2.45) is 17.5 Å². The Balaban J connectivity index is 1.98. The van der Waals surface area contributed by atoms with Gasteiger partial charge in [-0.15, -0.1) is 0 Å². The molecule has 0 N–H and O–H groups in total. The van der Waals surface area contributed by atoms with Gasteiger partial charge < -0.3 is 4.57 Å². The molecular weight excluding hydrogens is 268 g/mol. The van der Waals surface area contributed by atoms with Crippen molar-refractivity contribution in [3.63, 3.8) is 0 Å². The number of nitrogens with zero attached hydrogens (tertiary/aromatic N) is 2. The maximum Gasteiger partial charge on any atom is 0.0489 e. The minimum atomic E-state index is 0.177. The zero-order chi connectivity index (χ0) is 15.3. The SMILES string of the molecule is Cn1c2ccccc2c2cc(C3=NCCCC3(C)C)ccc21. The molecule has 1 aliphatic rings. The van der Waals surface area contributed by atoms with Crippen molar-refractivity contribution in [3.8, 4) is 0 Å². The van der Waals surface area contributed by atoms with Crippen molar-refractivity contribution in [1.29, 1.82) is 0 Å². The van der Waals surface area contributed by atoms with Crippen molar-refractivity contribution in [2.75, 3.05) is 6.54 Å². The van der Waals surface area contributed by atoms with Crippen LogP contribution >= 0.6 is 0 Å². The largest absolute Gasteiger partial charge is 0.344 e. The second-order valence-electron chi connectivity index (χ2n) is 7.03. The molecule has 112 valence electrons. The Morgan fingerprint density at radius 2 is 1.77 bits per heavy atom. The van der Waals surface area contributed by atoms with Gasteiger partial charge in [0, 0.05) is 46.5 Å². The molecule has 0 saturated heterocycles. The summed E-state index contributed by atoms with van der Waals surface area (Å²) in [6.07, 6.45) is 2.42. The fraction of sp³-hybridized carbons (Fsp3) is 0.350. The molecule has 1 aliphatic heterocycles. The average Bonchev–Trinajstić information content (AvgIpc) is 2.80.